The van der Waals surface area contributed by atoms with Crippen molar-refractivity contribution in [3.63, 3.8) is 0 Å². The first-order chi connectivity index (χ1) is 9.97. The minimum atomic E-state index is -1.04. The summed E-state index contributed by atoms with van der Waals surface area (Å²) in [5, 5.41) is 22.4. The SMILES string of the molecule is Cc1cc(OCC(=O)N[C@@H]2COC[C@@H](O)[C@H]2O)ccc1Cl. The molecule has 1 fully saturated rings. The third-order valence-corrected chi connectivity index (χ3v) is 3.66. The quantitative estimate of drug-likeness (QED) is 0.742. The first kappa shape index (κ1) is 16.0. The predicted molar refractivity (Wildman–Crippen MR) is 76.4 cm³/mol. The molecule has 0 spiro atoms. The van der Waals surface area contributed by atoms with E-state index >= 15 is 0 Å². The van der Waals surface area contributed by atoms with Gasteiger partial charge >= 0.3 is 0 Å². The van der Waals surface area contributed by atoms with Gasteiger partial charge in [-0.1, -0.05) is 11.6 Å². The van der Waals surface area contributed by atoms with Crippen LogP contribution in [0.2, 0.25) is 5.02 Å². The molecule has 116 valence electrons. The van der Waals surface area contributed by atoms with Gasteiger partial charge in [0.05, 0.1) is 19.3 Å². The maximum Gasteiger partial charge on any atom is 0.258 e. The molecule has 6 nitrogen and oxygen atoms in total. The van der Waals surface area contributed by atoms with Crippen molar-refractivity contribution in [3.8, 4) is 5.75 Å². The summed E-state index contributed by atoms with van der Waals surface area (Å²) in [5.74, 6) is 0.136. The van der Waals surface area contributed by atoms with E-state index in [0.717, 1.165) is 5.56 Å². The van der Waals surface area contributed by atoms with E-state index in [1.165, 1.54) is 0 Å². The number of benzene rings is 1. The molecule has 0 radical (unpaired) electrons. The van der Waals surface area contributed by atoms with Crippen LogP contribution in [0.15, 0.2) is 18.2 Å². The molecule has 0 unspecified atom stereocenters. The third kappa shape index (κ3) is 4.31. The van der Waals surface area contributed by atoms with Crippen molar-refractivity contribution in [2.24, 2.45) is 0 Å². The lowest BCUT2D eigenvalue weighted by molar-refractivity contribution is -0.133. The van der Waals surface area contributed by atoms with E-state index in [-0.39, 0.29) is 19.8 Å². The second-order valence-electron chi connectivity index (χ2n) is 4.97. The van der Waals surface area contributed by atoms with Gasteiger partial charge in [-0.2, -0.15) is 0 Å². The average molecular weight is 316 g/mol. The first-order valence-corrected chi connectivity index (χ1v) is 6.97. The highest BCUT2D eigenvalue weighted by atomic mass is 35.5. The van der Waals surface area contributed by atoms with Gasteiger partial charge < -0.3 is 25.0 Å². The maximum absolute atomic E-state index is 11.8. The maximum atomic E-state index is 11.8. The van der Waals surface area contributed by atoms with E-state index in [9.17, 15) is 15.0 Å². The van der Waals surface area contributed by atoms with Crippen LogP contribution < -0.4 is 10.1 Å². The lowest BCUT2D eigenvalue weighted by Crippen LogP contribution is -2.56. The van der Waals surface area contributed by atoms with Crippen LogP contribution in [0.5, 0.6) is 5.75 Å². The Kier molecular flexibility index (Phi) is 5.41. The molecular formula is C14H18ClNO5. The van der Waals surface area contributed by atoms with Crippen LogP contribution in [0, 0.1) is 6.92 Å². The minimum Gasteiger partial charge on any atom is -0.484 e. The van der Waals surface area contributed by atoms with E-state index < -0.39 is 24.2 Å². The number of halogens is 1. The van der Waals surface area contributed by atoms with Gasteiger partial charge in [-0.25, -0.2) is 0 Å². The summed E-state index contributed by atoms with van der Waals surface area (Å²) in [7, 11) is 0. The highest BCUT2D eigenvalue weighted by Gasteiger charge is 2.32. The van der Waals surface area contributed by atoms with Crippen molar-refractivity contribution in [3.05, 3.63) is 28.8 Å². The van der Waals surface area contributed by atoms with E-state index in [0.29, 0.717) is 10.8 Å². The lowest BCUT2D eigenvalue weighted by Gasteiger charge is -2.32. The van der Waals surface area contributed by atoms with E-state index in [1.807, 2.05) is 6.92 Å². The topological polar surface area (TPSA) is 88.0 Å². The van der Waals surface area contributed by atoms with Crippen LogP contribution in [0.4, 0.5) is 0 Å². The van der Waals surface area contributed by atoms with Crippen molar-refractivity contribution < 1.29 is 24.5 Å². The molecule has 0 aliphatic carbocycles. The number of nitrogens with one attached hydrogen (secondary N) is 1. The van der Waals surface area contributed by atoms with Crippen LogP contribution in [0.3, 0.4) is 0 Å². The predicted octanol–water partition coefficient (Wildman–Crippen LogP) is 0.264. The minimum absolute atomic E-state index is 0.0636. The van der Waals surface area contributed by atoms with E-state index in [2.05, 4.69) is 5.32 Å². The second kappa shape index (κ2) is 7.09. The number of carbonyl (C=O) groups excluding carboxylic acids is 1. The smallest absolute Gasteiger partial charge is 0.258 e. The Morgan fingerprint density at radius 1 is 1.48 bits per heavy atom. The van der Waals surface area contributed by atoms with Gasteiger partial charge in [0.1, 0.15) is 18.0 Å². The molecule has 0 aromatic heterocycles. The van der Waals surface area contributed by atoms with Crippen molar-refractivity contribution in [1.82, 2.24) is 5.32 Å². The van der Waals surface area contributed by atoms with Crippen molar-refractivity contribution in [2.45, 2.75) is 25.2 Å². The number of ether oxygens (including phenoxy) is 2. The Hall–Kier alpha value is -1.34. The molecular weight excluding hydrogens is 298 g/mol. The number of amides is 1. The van der Waals surface area contributed by atoms with Crippen LogP contribution in [0.1, 0.15) is 5.56 Å². The monoisotopic (exact) mass is 315 g/mol. The molecule has 1 aliphatic rings. The molecule has 7 heteroatoms. The molecule has 2 rings (SSSR count). The van der Waals surface area contributed by atoms with Gasteiger partial charge in [-0.3, -0.25) is 4.79 Å². The second-order valence-corrected chi connectivity index (χ2v) is 5.38. The lowest BCUT2D eigenvalue weighted by atomic mass is 10.0. The zero-order valence-corrected chi connectivity index (χ0v) is 12.3. The molecule has 1 aromatic rings. The zero-order valence-electron chi connectivity index (χ0n) is 11.6. The molecule has 1 saturated heterocycles. The van der Waals surface area contributed by atoms with Crippen LogP contribution >= 0.6 is 11.6 Å². The fourth-order valence-corrected chi connectivity index (χ4v) is 2.13. The van der Waals surface area contributed by atoms with Crippen molar-refractivity contribution >= 4 is 17.5 Å². The molecule has 3 N–H and O–H groups in total. The van der Waals surface area contributed by atoms with Crippen molar-refractivity contribution in [1.29, 1.82) is 0 Å². The highest BCUT2D eigenvalue weighted by Crippen LogP contribution is 2.20. The van der Waals surface area contributed by atoms with Gasteiger partial charge in [0.25, 0.3) is 5.91 Å². The molecule has 1 amide bonds. The van der Waals surface area contributed by atoms with Gasteiger partial charge in [-0.05, 0) is 30.7 Å². The Morgan fingerprint density at radius 3 is 2.95 bits per heavy atom. The van der Waals surface area contributed by atoms with E-state index in [1.54, 1.807) is 18.2 Å². The summed E-state index contributed by atoms with van der Waals surface area (Å²) in [6.07, 6.45) is -2.04. The standard InChI is InChI=1S/C14H18ClNO5/c1-8-4-9(2-3-10(8)15)21-7-13(18)16-11-5-20-6-12(17)14(11)19/h2-4,11-12,14,17,19H,5-7H2,1H3,(H,16,18)/t11-,12-,14+/m1/s1. The molecule has 1 aromatic carbocycles. The fraction of sp³-hybridized carbons (Fsp3) is 0.500. The van der Waals surface area contributed by atoms with Gasteiger partial charge in [0, 0.05) is 5.02 Å². The van der Waals surface area contributed by atoms with Crippen LogP contribution in [0.25, 0.3) is 0 Å². The molecule has 1 aliphatic heterocycles. The Bertz CT molecular complexity index is 510. The van der Waals surface area contributed by atoms with Crippen LogP contribution in [-0.2, 0) is 9.53 Å². The number of aliphatic hydroxyl groups excluding tert-OH is 2. The number of carbonyl (C=O) groups is 1. The average Bonchev–Trinajstić information content (AvgIpc) is 2.45. The molecule has 0 bridgehead atoms. The summed E-state index contributed by atoms with van der Waals surface area (Å²) in [4.78, 5) is 11.8. The molecule has 0 saturated carbocycles. The van der Waals surface area contributed by atoms with Crippen LogP contribution in [-0.4, -0.2) is 54.2 Å². The highest BCUT2D eigenvalue weighted by molar-refractivity contribution is 6.31. The first-order valence-electron chi connectivity index (χ1n) is 6.59. The molecule has 1 heterocycles. The third-order valence-electron chi connectivity index (χ3n) is 3.24. The molecule has 21 heavy (non-hydrogen) atoms. The molecule has 3 atom stereocenters. The summed E-state index contributed by atoms with van der Waals surface area (Å²) in [6.45, 7) is 1.87. The summed E-state index contributed by atoms with van der Waals surface area (Å²) in [6, 6.07) is 4.46. The largest absolute Gasteiger partial charge is 0.484 e. The number of rotatable bonds is 4. The van der Waals surface area contributed by atoms with Gasteiger partial charge in [0.15, 0.2) is 6.61 Å². The Balaban J connectivity index is 1.83. The van der Waals surface area contributed by atoms with Gasteiger partial charge in [-0.15, -0.1) is 0 Å². The summed E-state index contributed by atoms with van der Waals surface area (Å²) in [5.41, 5.74) is 0.855. The number of hydrogen-bond donors (Lipinski definition) is 3. The van der Waals surface area contributed by atoms with E-state index in [4.69, 9.17) is 21.1 Å². The Morgan fingerprint density at radius 2 is 2.24 bits per heavy atom. The number of aliphatic hydroxyl groups is 2. The normalized spacial score (nSPS) is 25.4. The van der Waals surface area contributed by atoms with Gasteiger partial charge in [0.2, 0.25) is 0 Å². The summed E-state index contributed by atoms with van der Waals surface area (Å²) >= 11 is 5.90. The fourth-order valence-electron chi connectivity index (χ4n) is 2.01. The Labute approximate surface area is 127 Å². The zero-order chi connectivity index (χ0) is 15.4. The summed E-state index contributed by atoms with van der Waals surface area (Å²) < 4.78 is 10.4. The number of aryl methyl sites for hydroxylation is 1. The number of hydrogen-bond acceptors (Lipinski definition) is 5. The van der Waals surface area contributed by atoms with Crippen molar-refractivity contribution in [2.75, 3.05) is 19.8 Å².